The first-order valence-electron chi connectivity index (χ1n) is 8.23. The van der Waals surface area contributed by atoms with Crippen LogP contribution >= 0.6 is 11.6 Å². The number of nitrogens with one attached hydrogen (secondary N) is 1. The highest BCUT2D eigenvalue weighted by atomic mass is 35.5. The zero-order valence-electron chi connectivity index (χ0n) is 15.5. The number of carbonyl (C=O) groups is 1. The first kappa shape index (κ1) is 23.5. The minimum atomic E-state index is -5.15. The maximum absolute atomic E-state index is 13.8. The monoisotopic (exact) mass is 498 g/mol. The molecule has 0 fully saturated rings. The second kappa shape index (κ2) is 8.09. The predicted molar refractivity (Wildman–Crippen MR) is 97.1 cm³/mol. The average molecular weight is 499 g/mol. The molecule has 32 heavy (non-hydrogen) atoms. The number of amides is 1. The van der Waals surface area contributed by atoms with Crippen LogP contribution < -0.4 is 4.72 Å². The number of halogens is 7. The van der Waals surface area contributed by atoms with Gasteiger partial charge in [-0.05, 0) is 25.1 Å². The fraction of sp³-hybridized carbons (Fsp3) is 0.118. The molecule has 1 aromatic heterocycles. The zero-order chi connectivity index (χ0) is 24.0. The first-order chi connectivity index (χ1) is 14.7. The van der Waals surface area contributed by atoms with Crippen LogP contribution in [-0.4, -0.2) is 29.3 Å². The maximum Gasteiger partial charge on any atom is 0.416 e. The van der Waals surface area contributed by atoms with Crippen LogP contribution in [0.1, 0.15) is 21.7 Å². The Kier molecular flexibility index (Phi) is 5.95. The van der Waals surface area contributed by atoms with Crippen molar-refractivity contribution in [1.82, 2.24) is 19.7 Å². The molecule has 0 unspecified atom stereocenters. The zero-order valence-corrected chi connectivity index (χ0v) is 17.1. The number of carbonyl (C=O) groups excluding carboxylic acids is 1. The van der Waals surface area contributed by atoms with Crippen LogP contribution in [0.5, 0.6) is 0 Å². The summed E-state index contributed by atoms with van der Waals surface area (Å²) in [5.41, 5.74) is -2.25. The molecule has 3 aromatic rings. The Morgan fingerprint density at radius 1 is 1.06 bits per heavy atom. The van der Waals surface area contributed by atoms with Gasteiger partial charge in [0.05, 0.1) is 16.9 Å². The lowest BCUT2D eigenvalue weighted by molar-refractivity contribution is -0.137. The molecule has 0 atom stereocenters. The van der Waals surface area contributed by atoms with Crippen molar-refractivity contribution >= 4 is 27.5 Å². The van der Waals surface area contributed by atoms with E-state index in [0.29, 0.717) is 12.1 Å². The molecule has 0 radical (unpaired) electrons. The summed E-state index contributed by atoms with van der Waals surface area (Å²) in [4.78, 5) is 10.7. The summed E-state index contributed by atoms with van der Waals surface area (Å²) in [7, 11) is -5.15. The van der Waals surface area contributed by atoms with E-state index in [-0.39, 0.29) is 28.5 Å². The highest BCUT2D eigenvalue weighted by molar-refractivity contribution is 7.90. The molecule has 0 aliphatic heterocycles. The summed E-state index contributed by atoms with van der Waals surface area (Å²) in [5, 5.41) is 6.62. The Bertz CT molecular complexity index is 1320. The molecule has 0 aliphatic carbocycles. The van der Waals surface area contributed by atoms with Crippen molar-refractivity contribution < 1.29 is 39.6 Å². The Labute approximate surface area is 180 Å². The molecular weight excluding hydrogens is 490 g/mol. The molecule has 3 rings (SSSR count). The third kappa shape index (κ3) is 4.55. The second-order valence-corrected chi connectivity index (χ2v) is 8.32. The van der Waals surface area contributed by atoms with Crippen molar-refractivity contribution in [3.05, 3.63) is 69.8 Å². The van der Waals surface area contributed by atoms with Gasteiger partial charge in [0.2, 0.25) is 0 Å². The number of hydrogen-bond acceptors (Lipinski definition) is 5. The van der Waals surface area contributed by atoms with E-state index in [9.17, 15) is 39.6 Å². The topological polar surface area (TPSA) is 93.9 Å². The highest BCUT2D eigenvalue weighted by Gasteiger charge is 2.32. The van der Waals surface area contributed by atoms with Gasteiger partial charge >= 0.3 is 6.18 Å². The van der Waals surface area contributed by atoms with Gasteiger partial charge in [0.25, 0.3) is 15.9 Å². The second-order valence-electron chi connectivity index (χ2n) is 6.26. The molecule has 0 saturated heterocycles. The van der Waals surface area contributed by atoms with E-state index in [4.69, 9.17) is 11.6 Å². The molecule has 0 aliphatic rings. The van der Waals surface area contributed by atoms with Crippen molar-refractivity contribution in [2.75, 3.05) is 0 Å². The van der Waals surface area contributed by atoms with E-state index in [0.717, 1.165) is 10.7 Å². The molecular formula is C17H9ClF6N4O3S. The van der Waals surface area contributed by atoms with Crippen LogP contribution in [0.2, 0.25) is 5.02 Å². The Hall–Kier alpha value is -3.13. The smallest absolute Gasteiger partial charge is 0.266 e. The number of aromatic nitrogens is 3. The molecule has 0 saturated carbocycles. The summed E-state index contributed by atoms with van der Waals surface area (Å²) in [6.45, 7) is 1.18. The number of rotatable bonds is 4. The molecule has 2 aromatic carbocycles. The third-order valence-corrected chi connectivity index (χ3v) is 5.62. The number of benzene rings is 2. The van der Waals surface area contributed by atoms with Gasteiger partial charge in [-0.25, -0.2) is 31.0 Å². The molecule has 1 amide bonds. The van der Waals surface area contributed by atoms with E-state index < -0.39 is 55.7 Å². The SMILES string of the molecule is Cc1c(C(=O)NS(=O)(=O)c2c(F)cc(F)cc2F)nnn1-c1cc(Cl)cc(C(F)(F)F)c1. The number of alkyl halides is 3. The van der Waals surface area contributed by atoms with Gasteiger partial charge in [-0.2, -0.15) is 13.2 Å². The van der Waals surface area contributed by atoms with Crippen LogP contribution in [-0.2, 0) is 16.2 Å². The van der Waals surface area contributed by atoms with Crippen molar-refractivity contribution in [2.45, 2.75) is 18.0 Å². The minimum Gasteiger partial charge on any atom is -0.266 e. The van der Waals surface area contributed by atoms with Gasteiger partial charge in [0, 0.05) is 17.2 Å². The molecule has 15 heteroatoms. The van der Waals surface area contributed by atoms with Gasteiger partial charge in [-0.1, -0.05) is 16.8 Å². The van der Waals surface area contributed by atoms with Crippen LogP contribution in [0.3, 0.4) is 0 Å². The van der Waals surface area contributed by atoms with Gasteiger partial charge in [-0.3, -0.25) is 4.79 Å². The van der Waals surface area contributed by atoms with Crippen LogP contribution in [0.25, 0.3) is 5.69 Å². The lowest BCUT2D eigenvalue weighted by atomic mass is 10.2. The molecule has 1 N–H and O–H groups in total. The van der Waals surface area contributed by atoms with Gasteiger partial charge < -0.3 is 0 Å². The largest absolute Gasteiger partial charge is 0.416 e. The van der Waals surface area contributed by atoms with Crippen molar-refractivity contribution in [1.29, 1.82) is 0 Å². The van der Waals surface area contributed by atoms with Gasteiger partial charge in [0.15, 0.2) is 10.6 Å². The summed E-state index contributed by atoms with van der Waals surface area (Å²) in [6.07, 6.45) is -4.74. The molecule has 170 valence electrons. The van der Waals surface area contributed by atoms with Gasteiger partial charge in [0.1, 0.15) is 17.5 Å². The van der Waals surface area contributed by atoms with E-state index in [1.54, 1.807) is 0 Å². The Morgan fingerprint density at radius 3 is 2.22 bits per heavy atom. The van der Waals surface area contributed by atoms with E-state index in [1.807, 2.05) is 0 Å². The average Bonchev–Trinajstić information content (AvgIpc) is 3.00. The third-order valence-electron chi connectivity index (χ3n) is 4.02. The van der Waals surface area contributed by atoms with Crippen molar-refractivity contribution in [3.8, 4) is 5.69 Å². The molecule has 1 heterocycles. The summed E-state index contributed by atoms with van der Waals surface area (Å²) in [5.74, 6) is -6.46. The standard InChI is InChI=1S/C17H9ClF6N4O3S/c1-7-14(16(29)26-32(30,31)15-12(20)5-10(19)6-13(15)21)25-27-28(7)11-3-8(17(22,23)24)2-9(18)4-11/h2-6H,1H3,(H,26,29). The quantitative estimate of drug-likeness (QED) is 0.553. The fourth-order valence-electron chi connectivity index (χ4n) is 2.65. The predicted octanol–water partition coefficient (Wildman–Crippen LogP) is 3.78. The lowest BCUT2D eigenvalue weighted by Crippen LogP contribution is -2.32. The Morgan fingerprint density at radius 2 is 1.66 bits per heavy atom. The van der Waals surface area contributed by atoms with Crippen molar-refractivity contribution in [3.63, 3.8) is 0 Å². The summed E-state index contributed by atoms with van der Waals surface area (Å²) < 4.78 is 106. The lowest BCUT2D eigenvalue weighted by Gasteiger charge is -2.11. The summed E-state index contributed by atoms with van der Waals surface area (Å²) >= 11 is 5.71. The highest BCUT2D eigenvalue weighted by Crippen LogP contribution is 2.33. The maximum atomic E-state index is 13.8. The molecule has 0 bridgehead atoms. The molecule has 0 spiro atoms. The van der Waals surface area contributed by atoms with E-state index in [1.165, 1.54) is 11.6 Å². The van der Waals surface area contributed by atoms with E-state index >= 15 is 0 Å². The normalized spacial score (nSPS) is 12.1. The molecule has 7 nitrogen and oxygen atoms in total. The first-order valence-corrected chi connectivity index (χ1v) is 10.1. The Balaban J connectivity index is 1.97. The summed E-state index contributed by atoms with van der Waals surface area (Å²) in [6, 6.07) is 2.60. The van der Waals surface area contributed by atoms with E-state index in [2.05, 4.69) is 10.3 Å². The van der Waals surface area contributed by atoms with Crippen molar-refractivity contribution in [2.24, 2.45) is 0 Å². The minimum absolute atomic E-state index is 0.0982. The number of hydrogen-bond donors (Lipinski definition) is 1. The van der Waals surface area contributed by atoms with Gasteiger partial charge in [-0.15, -0.1) is 5.10 Å². The number of sulfonamides is 1. The fourth-order valence-corrected chi connectivity index (χ4v) is 3.95. The number of nitrogens with zero attached hydrogens (tertiary/aromatic N) is 3. The van der Waals surface area contributed by atoms with Crippen LogP contribution in [0.15, 0.2) is 35.2 Å². The van der Waals surface area contributed by atoms with Crippen LogP contribution in [0, 0.1) is 24.4 Å². The van der Waals surface area contributed by atoms with Crippen LogP contribution in [0.4, 0.5) is 26.3 Å².